The van der Waals surface area contributed by atoms with Gasteiger partial charge in [-0.05, 0) is 18.2 Å². The Hall–Kier alpha value is -1.12. The third-order valence-electron chi connectivity index (χ3n) is 1.49. The van der Waals surface area contributed by atoms with Crippen molar-refractivity contribution < 1.29 is 21.4 Å². The lowest BCUT2D eigenvalue weighted by Crippen LogP contribution is -2.01. The van der Waals surface area contributed by atoms with Crippen molar-refractivity contribution >= 4 is 26.5 Å². The molecule has 0 aromatic heterocycles. The van der Waals surface area contributed by atoms with E-state index in [2.05, 4.69) is 0 Å². The summed E-state index contributed by atoms with van der Waals surface area (Å²) in [6.45, 7) is 0. The summed E-state index contributed by atoms with van der Waals surface area (Å²) in [6, 6.07) is 2.87. The van der Waals surface area contributed by atoms with Crippen LogP contribution < -0.4 is 5.73 Å². The highest BCUT2D eigenvalue weighted by molar-refractivity contribution is 7.85. The fraction of sp³-hybridized carbons (Fsp3) is 0. The van der Waals surface area contributed by atoms with Crippen LogP contribution in [-0.4, -0.2) is 21.4 Å². The highest BCUT2D eigenvalue weighted by atomic mass is 32.2. The van der Waals surface area contributed by atoms with E-state index in [1.54, 1.807) is 0 Å². The van der Waals surface area contributed by atoms with E-state index in [1.807, 2.05) is 0 Å². The lowest BCUT2D eigenvalue weighted by molar-refractivity contribution is 0.483. The molecular formula is C6H7NO5S2. The Morgan fingerprint density at radius 2 is 1.86 bits per heavy atom. The second-order valence-electron chi connectivity index (χ2n) is 2.45. The van der Waals surface area contributed by atoms with E-state index in [0.29, 0.717) is 0 Å². The standard InChI is InChI=1S/C6H7NO5S2/c7-5-3-4(14(10,11)12)1-2-6(5)13(8)9/h1-3,13H,7H2,(H,10,11,12). The zero-order chi connectivity index (χ0) is 10.9. The first-order chi connectivity index (χ1) is 6.32. The molecule has 14 heavy (non-hydrogen) atoms. The summed E-state index contributed by atoms with van der Waals surface area (Å²) in [4.78, 5) is -0.608. The summed E-state index contributed by atoms with van der Waals surface area (Å²) in [6.07, 6.45) is 0. The molecule has 0 radical (unpaired) electrons. The molecule has 0 aliphatic carbocycles. The van der Waals surface area contributed by atoms with Gasteiger partial charge < -0.3 is 5.73 Å². The van der Waals surface area contributed by atoms with E-state index in [9.17, 15) is 16.8 Å². The van der Waals surface area contributed by atoms with Crippen LogP contribution in [0.1, 0.15) is 0 Å². The van der Waals surface area contributed by atoms with Crippen molar-refractivity contribution in [1.82, 2.24) is 0 Å². The smallest absolute Gasteiger partial charge is 0.294 e. The minimum Gasteiger partial charge on any atom is -0.398 e. The molecule has 0 aliphatic rings. The van der Waals surface area contributed by atoms with E-state index in [-0.39, 0.29) is 10.6 Å². The monoisotopic (exact) mass is 237 g/mol. The molecule has 3 N–H and O–H groups in total. The molecule has 1 aromatic rings. The van der Waals surface area contributed by atoms with E-state index in [0.717, 1.165) is 18.2 Å². The first kappa shape index (κ1) is 11.0. The van der Waals surface area contributed by atoms with Crippen LogP contribution >= 0.6 is 0 Å². The maximum Gasteiger partial charge on any atom is 0.294 e. The average Bonchev–Trinajstić information content (AvgIpc) is 2.01. The van der Waals surface area contributed by atoms with Gasteiger partial charge in [0.2, 0.25) is 0 Å². The average molecular weight is 237 g/mol. The summed E-state index contributed by atoms with van der Waals surface area (Å²) in [5, 5.41) is 0. The molecule has 0 saturated heterocycles. The van der Waals surface area contributed by atoms with Gasteiger partial charge in [0.1, 0.15) is 0 Å². The molecule has 78 valence electrons. The fourth-order valence-corrected chi connectivity index (χ4v) is 1.85. The normalized spacial score (nSPS) is 11.9. The Kier molecular flexibility index (Phi) is 2.79. The number of benzene rings is 1. The quantitative estimate of drug-likeness (QED) is 0.362. The molecule has 0 amide bonds. The molecule has 0 unspecified atom stereocenters. The predicted molar refractivity (Wildman–Crippen MR) is 49.2 cm³/mol. The predicted octanol–water partition coefficient (Wildman–Crippen LogP) is -0.514. The van der Waals surface area contributed by atoms with Gasteiger partial charge in [0.05, 0.1) is 15.5 Å². The van der Waals surface area contributed by atoms with Crippen molar-refractivity contribution in [2.45, 2.75) is 9.79 Å². The minimum atomic E-state index is -4.34. The van der Waals surface area contributed by atoms with Crippen molar-refractivity contribution in [2.24, 2.45) is 0 Å². The SMILES string of the molecule is Nc1cc(S(=O)(=O)O)ccc1[SH](=O)=O. The molecule has 6 nitrogen and oxygen atoms in total. The molecular weight excluding hydrogens is 230 g/mol. The number of nitrogens with two attached hydrogens (primary N) is 1. The van der Waals surface area contributed by atoms with Gasteiger partial charge in [0.25, 0.3) is 10.1 Å². The number of hydrogen-bond donors (Lipinski definition) is 3. The van der Waals surface area contributed by atoms with Crippen LogP contribution in [0.25, 0.3) is 0 Å². The third-order valence-corrected chi connectivity index (χ3v) is 3.14. The Morgan fingerprint density at radius 1 is 1.29 bits per heavy atom. The second-order valence-corrected chi connectivity index (χ2v) is 4.87. The lowest BCUT2D eigenvalue weighted by Gasteiger charge is -2.00. The molecule has 0 fully saturated rings. The molecule has 0 bridgehead atoms. The Bertz CT molecular complexity index is 523. The van der Waals surface area contributed by atoms with Gasteiger partial charge in [-0.25, -0.2) is 8.42 Å². The van der Waals surface area contributed by atoms with Gasteiger partial charge in [0, 0.05) is 0 Å². The van der Waals surface area contributed by atoms with Gasteiger partial charge in [-0.15, -0.1) is 0 Å². The topological polar surface area (TPSA) is 115 Å². The number of nitrogen functional groups attached to an aromatic ring is 1. The van der Waals surface area contributed by atoms with Crippen LogP contribution in [0.15, 0.2) is 28.0 Å². The van der Waals surface area contributed by atoms with Gasteiger partial charge in [-0.2, -0.15) is 8.42 Å². The highest BCUT2D eigenvalue weighted by Gasteiger charge is 2.11. The largest absolute Gasteiger partial charge is 0.398 e. The first-order valence-corrected chi connectivity index (χ1v) is 5.95. The van der Waals surface area contributed by atoms with Crippen LogP contribution in [0.3, 0.4) is 0 Å². The van der Waals surface area contributed by atoms with Crippen LogP contribution in [0.4, 0.5) is 5.69 Å². The fourth-order valence-electron chi connectivity index (χ4n) is 0.859. The zero-order valence-corrected chi connectivity index (χ0v) is 8.46. The number of hydrogen-bond acceptors (Lipinski definition) is 5. The van der Waals surface area contributed by atoms with Crippen LogP contribution in [-0.2, 0) is 20.8 Å². The molecule has 8 heteroatoms. The molecule has 0 atom stereocenters. The second kappa shape index (κ2) is 3.56. The summed E-state index contributed by atoms with van der Waals surface area (Å²) in [5.41, 5.74) is 5.05. The maximum absolute atomic E-state index is 10.6. The Morgan fingerprint density at radius 3 is 2.21 bits per heavy atom. The molecule has 0 saturated carbocycles. The summed E-state index contributed by atoms with van der Waals surface area (Å²) in [5.74, 6) is 0. The van der Waals surface area contributed by atoms with Gasteiger partial charge in [0.15, 0.2) is 10.7 Å². The molecule has 1 rings (SSSR count). The highest BCUT2D eigenvalue weighted by Crippen LogP contribution is 2.18. The van der Waals surface area contributed by atoms with E-state index < -0.39 is 25.7 Å². The van der Waals surface area contributed by atoms with Crippen molar-refractivity contribution in [3.63, 3.8) is 0 Å². The molecule has 1 aromatic carbocycles. The number of thiol groups is 1. The molecule has 0 spiro atoms. The van der Waals surface area contributed by atoms with E-state index >= 15 is 0 Å². The molecule has 0 heterocycles. The zero-order valence-electron chi connectivity index (χ0n) is 6.75. The van der Waals surface area contributed by atoms with Gasteiger partial charge >= 0.3 is 0 Å². The summed E-state index contributed by atoms with van der Waals surface area (Å²) >= 11 is 0. The van der Waals surface area contributed by atoms with Crippen molar-refractivity contribution in [1.29, 1.82) is 0 Å². The van der Waals surface area contributed by atoms with Gasteiger partial charge in [-0.1, -0.05) is 0 Å². The number of anilines is 1. The number of rotatable bonds is 2. The van der Waals surface area contributed by atoms with Crippen molar-refractivity contribution in [3.05, 3.63) is 18.2 Å². The maximum atomic E-state index is 10.6. The van der Waals surface area contributed by atoms with Gasteiger partial charge in [-0.3, -0.25) is 4.55 Å². The van der Waals surface area contributed by atoms with Crippen molar-refractivity contribution in [2.75, 3.05) is 5.73 Å². The lowest BCUT2D eigenvalue weighted by atomic mass is 10.3. The summed E-state index contributed by atoms with van der Waals surface area (Å²) < 4.78 is 50.9. The van der Waals surface area contributed by atoms with E-state index in [1.165, 1.54) is 0 Å². The van der Waals surface area contributed by atoms with Crippen LogP contribution in [0.2, 0.25) is 0 Å². The Labute approximate surface area is 82.1 Å². The third kappa shape index (κ3) is 2.22. The Balaban J connectivity index is 3.41. The first-order valence-electron chi connectivity index (χ1n) is 3.34. The minimum absolute atomic E-state index is 0.174. The van der Waals surface area contributed by atoms with Crippen LogP contribution in [0.5, 0.6) is 0 Å². The molecule has 0 aliphatic heterocycles. The summed E-state index contributed by atoms with van der Waals surface area (Å²) in [7, 11) is -7.21. The van der Waals surface area contributed by atoms with Crippen molar-refractivity contribution in [3.8, 4) is 0 Å². The van der Waals surface area contributed by atoms with E-state index in [4.69, 9.17) is 10.3 Å². The van der Waals surface area contributed by atoms with Crippen LogP contribution in [0, 0.1) is 0 Å².